The predicted molar refractivity (Wildman–Crippen MR) is 287 cm³/mol. The van der Waals surface area contributed by atoms with E-state index in [1.54, 1.807) is 0 Å². The fraction of sp³-hybridized carbons (Fsp3) is 0.867. The lowest BCUT2D eigenvalue weighted by Gasteiger charge is -2.24. The highest BCUT2D eigenvalue weighted by Gasteiger charge is 2.24. The number of aliphatic hydroxyl groups is 2. The van der Waals surface area contributed by atoms with Crippen LogP contribution in [-0.4, -0.2) is 46.9 Å². The first-order valence-corrected chi connectivity index (χ1v) is 29.2. The van der Waals surface area contributed by atoms with E-state index in [-0.39, 0.29) is 24.9 Å². The number of carbonyl (C=O) groups excluding carboxylic acids is 2. The zero-order chi connectivity index (χ0) is 48.1. The van der Waals surface area contributed by atoms with Gasteiger partial charge < -0.3 is 20.3 Å². The van der Waals surface area contributed by atoms with Crippen molar-refractivity contribution >= 4 is 11.9 Å². The summed E-state index contributed by atoms with van der Waals surface area (Å²) in [4.78, 5) is 26.3. The number of aliphatic hydroxyl groups excluding tert-OH is 2. The Morgan fingerprint density at radius 3 is 1.24 bits per heavy atom. The van der Waals surface area contributed by atoms with Gasteiger partial charge in [0, 0.05) is 6.42 Å². The molecule has 3 N–H and O–H groups in total. The van der Waals surface area contributed by atoms with E-state index >= 15 is 0 Å². The molecule has 0 aliphatic rings. The minimum absolute atomic E-state index is 0.0771. The topological polar surface area (TPSA) is 95.9 Å². The highest BCUT2D eigenvalue weighted by atomic mass is 16.5. The summed E-state index contributed by atoms with van der Waals surface area (Å²) < 4.78 is 5.97. The molecular formula is C60H113NO5. The molecule has 0 fully saturated rings. The number of hydrogen-bond donors (Lipinski definition) is 3. The van der Waals surface area contributed by atoms with Gasteiger partial charge in [0.2, 0.25) is 5.91 Å². The molecule has 6 heteroatoms. The Morgan fingerprint density at radius 2 is 0.818 bits per heavy atom. The smallest absolute Gasteiger partial charge is 0.306 e. The lowest BCUT2D eigenvalue weighted by atomic mass is 10.0. The number of allylic oxidation sites excluding steroid dienone is 6. The molecule has 0 aliphatic carbocycles. The van der Waals surface area contributed by atoms with Gasteiger partial charge in [-0.05, 0) is 57.8 Å². The van der Waals surface area contributed by atoms with Crippen LogP contribution in [0, 0.1) is 0 Å². The third-order valence-corrected chi connectivity index (χ3v) is 13.5. The van der Waals surface area contributed by atoms with Gasteiger partial charge >= 0.3 is 5.97 Å². The lowest BCUT2D eigenvalue weighted by molar-refractivity contribution is -0.151. The van der Waals surface area contributed by atoms with Crippen molar-refractivity contribution in [1.29, 1.82) is 0 Å². The second kappa shape index (κ2) is 54.0. The second-order valence-corrected chi connectivity index (χ2v) is 20.0. The van der Waals surface area contributed by atoms with E-state index in [9.17, 15) is 19.8 Å². The molecule has 0 bridgehead atoms. The van der Waals surface area contributed by atoms with E-state index in [4.69, 9.17) is 4.74 Å². The zero-order valence-corrected chi connectivity index (χ0v) is 44.3. The van der Waals surface area contributed by atoms with Crippen LogP contribution in [0.2, 0.25) is 0 Å². The second-order valence-electron chi connectivity index (χ2n) is 20.0. The van der Waals surface area contributed by atoms with Crippen molar-refractivity contribution in [2.75, 3.05) is 6.61 Å². The highest BCUT2D eigenvalue weighted by molar-refractivity contribution is 5.77. The molecule has 388 valence electrons. The number of hydrogen-bond acceptors (Lipinski definition) is 5. The number of carbonyl (C=O) groups is 2. The summed E-state index contributed by atoms with van der Waals surface area (Å²) in [6.07, 6.45) is 64.9. The van der Waals surface area contributed by atoms with Crippen molar-refractivity contribution in [3.63, 3.8) is 0 Å². The standard InChI is InChI=1S/C60H113NO5/c1-4-7-10-13-16-19-22-25-28-30-31-33-36-39-42-45-48-51-56(66-60(65)53-50-47-44-41-38-35-32-29-26-23-20-17-14-11-8-5-2)54-59(64)61-57(55-62)58(63)52-49-46-43-40-37-34-27-24-21-18-15-12-9-6-3/h8,11,17,20,26,29,56-58,62-63H,4-7,9-10,12-16,18-19,21-25,27-28,30-55H2,1-3H3,(H,61,64)/b11-8+,20-17+,29-26+. The van der Waals surface area contributed by atoms with Crippen LogP contribution in [0.25, 0.3) is 0 Å². The number of rotatable bonds is 53. The Hall–Kier alpha value is -1.92. The number of esters is 1. The molecule has 6 nitrogen and oxygen atoms in total. The van der Waals surface area contributed by atoms with E-state index in [0.717, 1.165) is 70.6 Å². The Bertz CT molecular complexity index is 1090. The summed E-state index contributed by atoms with van der Waals surface area (Å²) in [5, 5.41) is 23.9. The maximum Gasteiger partial charge on any atom is 0.306 e. The maximum atomic E-state index is 13.3. The van der Waals surface area contributed by atoms with Crippen LogP contribution < -0.4 is 5.32 Å². The molecule has 0 aromatic rings. The molecule has 3 unspecified atom stereocenters. The van der Waals surface area contributed by atoms with Gasteiger partial charge in [0.25, 0.3) is 0 Å². The minimum Gasteiger partial charge on any atom is -0.462 e. The first-order chi connectivity index (χ1) is 32.5. The van der Waals surface area contributed by atoms with Gasteiger partial charge in [-0.1, -0.05) is 276 Å². The number of ether oxygens (including phenoxy) is 1. The van der Waals surface area contributed by atoms with Crippen molar-refractivity contribution in [3.05, 3.63) is 36.5 Å². The van der Waals surface area contributed by atoms with E-state index in [1.807, 2.05) is 0 Å². The SMILES string of the molecule is CC/C=C/C/C=C/C/C=C/CCCCCCCCC(=O)OC(CCCCCCCCCCCCCCCCCCC)CC(=O)NC(CO)C(O)CCCCCCCCCCCCCCCC. The number of amides is 1. The summed E-state index contributed by atoms with van der Waals surface area (Å²) >= 11 is 0. The molecule has 0 saturated carbocycles. The van der Waals surface area contributed by atoms with Crippen LogP contribution in [0.5, 0.6) is 0 Å². The fourth-order valence-corrected chi connectivity index (χ4v) is 9.09. The molecule has 0 spiro atoms. The number of unbranched alkanes of at least 4 members (excludes halogenated alkanes) is 35. The van der Waals surface area contributed by atoms with Gasteiger partial charge in [0.1, 0.15) is 6.10 Å². The van der Waals surface area contributed by atoms with Gasteiger partial charge in [-0.3, -0.25) is 9.59 Å². The molecule has 66 heavy (non-hydrogen) atoms. The summed E-state index contributed by atoms with van der Waals surface area (Å²) in [5.41, 5.74) is 0. The lowest BCUT2D eigenvalue weighted by Crippen LogP contribution is -2.46. The molecule has 0 saturated heterocycles. The summed E-state index contributed by atoms with van der Waals surface area (Å²) in [6.45, 7) is 6.41. The monoisotopic (exact) mass is 928 g/mol. The van der Waals surface area contributed by atoms with Crippen LogP contribution in [0.4, 0.5) is 0 Å². The first-order valence-electron chi connectivity index (χ1n) is 29.2. The van der Waals surface area contributed by atoms with Crippen LogP contribution in [0.1, 0.15) is 310 Å². The van der Waals surface area contributed by atoms with Crippen molar-refractivity contribution in [2.45, 2.75) is 328 Å². The van der Waals surface area contributed by atoms with Crippen molar-refractivity contribution in [3.8, 4) is 0 Å². The van der Waals surface area contributed by atoms with Crippen LogP contribution in [-0.2, 0) is 14.3 Å². The molecular weight excluding hydrogens is 815 g/mol. The molecule has 0 heterocycles. The Kier molecular flexibility index (Phi) is 52.5. The molecule has 0 aromatic carbocycles. The Balaban J connectivity index is 4.55. The first kappa shape index (κ1) is 64.1. The van der Waals surface area contributed by atoms with Crippen molar-refractivity contribution in [2.24, 2.45) is 0 Å². The Labute approximate surface area is 411 Å². The molecule has 0 radical (unpaired) electrons. The summed E-state index contributed by atoms with van der Waals surface area (Å²) in [6, 6.07) is -0.702. The third kappa shape index (κ3) is 48.5. The number of nitrogens with one attached hydrogen (secondary N) is 1. The van der Waals surface area contributed by atoms with E-state index in [1.165, 1.54) is 193 Å². The summed E-state index contributed by atoms with van der Waals surface area (Å²) in [5.74, 6) is -0.470. The molecule has 3 atom stereocenters. The van der Waals surface area contributed by atoms with E-state index < -0.39 is 18.2 Å². The zero-order valence-electron chi connectivity index (χ0n) is 44.3. The average molecular weight is 929 g/mol. The molecule has 0 rings (SSSR count). The minimum atomic E-state index is -0.788. The summed E-state index contributed by atoms with van der Waals surface area (Å²) in [7, 11) is 0. The van der Waals surface area contributed by atoms with Gasteiger partial charge in [-0.15, -0.1) is 0 Å². The largest absolute Gasteiger partial charge is 0.462 e. The highest BCUT2D eigenvalue weighted by Crippen LogP contribution is 2.19. The quantitative estimate of drug-likeness (QED) is 0.0321. The van der Waals surface area contributed by atoms with Gasteiger partial charge in [-0.25, -0.2) is 0 Å². The van der Waals surface area contributed by atoms with Crippen LogP contribution in [0.15, 0.2) is 36.5 Å². The average Bonchev–Trinajstić information content (AvgIpc) is 3.31. The van der Waals surface area contributed by atoms with Gasteiger partial charge in [0.15, 0.2) is 0 Å². The fourth-order valence-electron chi connectivity index (χ4n) is 9.09. The van der Waals surface area contributed by atoms with E-state index in [2.05, 4.69) is 62.5 Å². The predicted octanol–water partition coefficient (Wildman–Crippen LogP) is 18.0. The molecule has 0 aromatic heterocycles. The molecule has 1 amide bonds. The maximum absolute atomic E-state index is 13.3. The van der Waals surface area contributed by atoms with Gasteiger partial charge in [-0.2, -0.15) is 0 Å². The molecule has 0 aliphatic heterocycles. The Morgan fingerprint density at radius 1 is 0.455 bits per heavy atom. The van der Waals surface area contributed by atoms with Crippen molar-refractivity contribution in [1.82, 2.24) is 5.32 Å². The van der Waals surface area contributed by atoms with E-state index in [0.29, 0.717) is 19.3 Å². The normalized spacial score (nSPS) is 13.3. The van der Waals surface area contributed by atoms with Crippen LogP contribution in [0.3, 0.4) is 0 Å². The third-order valence-electron chi connectivity index (χ3n) is 13.5. The van der Waals surface area contributed by atoms with Crippen LogP contribution >= 0.6 is 0 Å². The van der Waals surface area contributed by atoms with Gasteiger partial charge in [0.05, 0.1) is 25.2 Å². The van der Waals surface area contributed by atoms with Crippen molar-refractivity contribution < 1.29 is 24.5 Å².